The zero-order valence-electron chi connectivity index (χ0n) is 20.4. The minimum Gasteiger partial charge on any atom is -0.490 e. The summed E-state index contributed by atoms with van der Waals surface area (Å²) < 4.78 is 17.5. The van der Waals surface area contributed by atoms with Crippen molar-refractivity contribution in [2.24, 2.45) is 0 Å². The van der Waals surface area contributed by atoms with Crippen molar-refractivity contribution in [1.29, 1.82) is 0 Å². The van der Waals surface area contributed by atoms with Crippen molar-refractivity contribution in [2.45, 2.75) is 12.6 Å². The number of rotatable bonds is 9. The smallest absolute Gasteiger partial charge is 0.248 e. The maximum atomic E-state index is 12.1. The third-order valence-corrected chi connectivity index (χ3v) is 6.33. The van der Waals surface area contributed by atoms with Crippen LogP contribution in [0.4, 0.5) is 11.5 Å². The fraction of sp³-hybridized carbons (Fsp3) is 0.259. The van der Waals surface area contributed by atoms with Gasteiger partial charge in [-0.25, -0.2) is 9.97 Å². The summed E-state index contributed by atoms with van der Waals surface area (Å²) in [6, 6.07) is 16.2. The van der Waals surface area contributed by atoms with Crippen LogP contribution in [-0.4, -0.2) is 69.9 Å². The molecular formula is C27H26ClN5O5. The van der Waals surface area contributed by atoms with Crippen molar-refractivity contribution in [2.75, 3.05) is 38.3 Å². The van der Waals surface area contributed by atoms with Crippen molar-refractivity contribution in [1.82, 2.24) is 19.9 Å². The number of aromatic nitrogens is 3. The summed E-state index contributed by atoms with van der Waals surface area (Å²) in [6.45, 7) is 1.09. The summed E-state index contributed by atoms with van der Waals surface area (Å²) in [5.74, 6) is 1.27. The van der Waals surface area contributed by atoms with Gasteiger partial charge in [0.05, 0.1) is 40.9 Å². The first-order valence-corrected chi connectivity index (χ1v) is 12.4. The van der Waals surface area contributed by atoms with Crippen molar-refractivity contribution in [3.05, 3.63) is 77.8 Å². The average molecular weight is 536 g/mol. The number of anilines is 2. The maximum absolute atomic E-state index is 12.1. The summed E-state index contributed by atoms with van der Waals surface area (Å²) in [4.78, 5) is 26.8. The van der Waals surface area contributed by atoms with Crippen LogP contribution in [0, 0.1) is 0 Å². The van der Waals surface area contributed by atoms with E-state index in [-0.39, 0.29) is 18.6 Å². The van der Waals surface area contributed by atoms with E-state index in [9.17, 15) is 9.90 Å². The quantitative estimate of drug-likeness (QED) is 0.331. The number of nitrogens with one attached hydrogen (secondary N) is 1. The Bertz CT molecular complexity index is 1400. The van der Waals surface area contributed by atoms with Crippen LogP contribution < -0.4 is 14.8 Å². The van der Waals surface area contributed by atoms with Gasteiger partial charge in [-0.3, -0.25) is 9.78 Å². The number of nitrogens with zero attached hydrogens (tertiary/aromatic N) is 4. The lowest BCUT2D eigenvalue weighted by atomic mass is 10.2. The van der Waals surface area contributed by atoms with Crippen LogP contribution in [0.25, 0.3) is 10.9 Å². The van der Waals surface area contributed by atoms with Crippen LogP contribution in [0.2, 0.25) is 5.02 Å². The minimum absolute atomic E-state index is 0.188. The number of fused-ring (bicyclic) bond motifs is 1. The molecule has 11 heteroatoms. The zero-order chi connectivity index (χ0) is 26.3. The van der Waals surface area contributed by atoms with Crippen LogP contribution in [-0.2, 0) is 16.1 Å². The van der Waals surface area contributed by atoms with Crippen LogP contribution in [0.3, 0.4) is 0 Å². The second-order valence-corrected chi connectivity index (χ2v) is 8.94. The molecule has 0 saturated carbocycles. The highest BCUT2D eigenvalue weighted by Crippen LogP contribution is 2.34. The Morgan fingerprint density at radius 3 is 2.84 bits per heavy atom. The predicted molar refractivity (Wildman–Crippen MR) is 142 cm³/mol. The van der Waals surface area contributed by atoms with E-state index in [1.165, 1.54) is 6.33 Å². The Balaban J connectivity index is 1.33. The molecular weight excluding hydrogens is 510 g/mol. The van der Waals surface area contributed by atoms with Crippen molar-refractivity contribution < 1.29 is 24.1 Å². The van der Waals surface area contributed by atoms with Gasteiger partial charge in [0.1, 0.15) is 43.5 Å². The monoisotopic (exact) mass is 535 g/mol. The number of ether oxygens (including phenoxy) is 3. The van der Waals surface area contributed by atoms with Crippen LogP contribution in [0.15, 0.2) is 67.1 Å². The highest BCUT2D eigenvalue weighted by atomic mass is 35.5. The molecule has 1 amide bonds. The molecule has 38 heavy (non-hydrogen) atoms. The molecule has 5 rings (SSSR count). The first-order valence-electron chi connectivity index (χ1n) is 12.1. The molecule has 1 aliphatic rings. The molecule has 2 aromatic heterocycles. The highest BCUT2D eigenvalue weighted by molar-refractivity contribution is 6.32. The van der Waals surface area contributed by atoms with E-state index in [2.05, 4.69) is 20.3 Å². The molecule has 1 atom stereocenters. The van der Waals surface area contributed by atoms with Gasteiger partial charge < -0.3 is 29.5 Å². The standard InChI is InChI=1S/C27H26ClN5O5/c28-21-12-18(7-8-23(21)37-14-19-4-1-2-9-29-19)32-27-26-22(30-17-31-27)5-3-6-24(26)38-16-20-15-36-11-10-33(20)25(35)13-34/h1-9,12,17,20,34H,10-11,13-16H2,(H,30,31,32)/t20-/m0/s1. The lowest BCUT2D eigenvalue weighted by Crippen LogP contribution is -2.52. The molecule has 2 N–H and O–H groups in total. The number of hydrogen-bond donors (Lipinski definition) is 2. The summed E-state index contributed by atoms with van der Waals surface area (Å²) in [7, 11) is 0. The van der Waals surface area contributed by atoms with Gasteiger partial charge in [-0.1, -0.05) is 23.7 Å². The topological polar surface area (TPSA) is 119 Å². The number of pyridine rings is 1. The number of amides is 1. The van der Waals surface area contributed by atoms with Gasteiger partial charge in [0.15, 0.2) is 0 Å². The molecule has 196 valence electrons. The van der Waals surface area contributed by atoms with Crippen molar-refractivity contribution in [3.63, 3.8) is 0 Å². The number of morpholine rings is 1. The number of benzene rings is 2. The lowest BCUT2D eigenvalue weighted by molar-refractivity contribution is -0.144. The Morgan fingerprint density at radius 2 is 2.03 bits per heavy atom. The minimum atomic E-state index is -0.553. The van der Waals surface area contributed by atoms with Gasteiger partial charge in [-0.2, -0.15) is 0 Å². The Kier molecular flexibility index (Phi) is 8.12. The number of carbonyl (C=O) groups is 1. The lowest BCUT2D eigenvalue weighted by Gasteiger charge is -2.35. The van der Waals surface area contributed by atoms with Crippen LogP contribution in [0.5, 0.6) is 11.5 Å². The molecule has 0 radical (unpaired) electrons. The number of aliphatic hydroxyl groups is 1. The molecule has 0 unspecified atom stereocenters. The molecule has 1 aliphatic heterocycles. The average Bonchev–Trinajstić information content (AvgIpc) is 2.96. The number of aliphatic hydroxyl groups excluding tert-OH is 1. The molecule has 1 fully saturated rings. The molecule has 1 saturated heterocycles. The van der Waals surface area contributed by atoms with Gasteiger partial charge in [0.25, 0.3) is 0 Å². The van der Waals surface area contributed by atoms with E-state index in [1.807, 2.05) is 42.5 Å². The normalized spacial score (nSPS) is 15.3. The van der Waals surface area contributed by atoms with Crippen molar-refractivity contribution >= 4 is 39.9 Å². The Labute approximate surface area is 224 Å². The van der Waals surface area contributed by atoms with Gasteiger partial charge in [-0.05, 0) is 42.5 Å². The van der Waals surface area contributed by atoms with E-state index in [1.54, 1.807) is 23.2 Å². The van der Waals surface area contributed by atoms with Crippen LogP contribution >= 0.6 is 11.6 Å². The van der Waals surface area contributed by atoms with E-state index < -0.39 is 6.61 Å². The fourth-order valence-electron chi connectivity index (χ4n) is 4.16. The number of hydrogen-bond acceptors (Lipinski definition) is 9. The predicted octanol–water partition coefficient (Wildman–Crippen LogP) is 3.60. The van der Waals surface area contributed by atoms with E-state index in [0.29, 0.717) is 65.3 Å². The van der Waals surface area contributed by atoms with E-state index >= 15 is 0 Å². The van der Waals surface area contributed by atoms with Crippen molar-refractivity contribution in [3.8, 4) is 11.5 Å². The summed E-state index contributed by atoms with van der Waals surface area (Å²) in [5.41, 5.74) is 2.19. The summed E-state index contributed by atoms with van der Waals surface area (Å²) >= 11 is 6.49. The third kappa shape index (κ3) is 5.94. The van der Waals surface area contributed by atoms with Gasteiger partial charge >= 0.3 is 0 Å². The second kappa shape index (κ2) is 12.0. The second-order valence-electron chi connectivity index (χ2n) is 8.54. The Hall–Kier alpha value is -3.99. The third-order valence-electron chi connectivity index (χ3n) is 6.04. The largest absolute Gasteiger partial charge is 0.490 e. The van der Waals surface area contributed by atoms with Gasteiger partial charge in [-0.15, -0.1) is 0 Å². The fourth-order valence-corrected chi connectivity index (χ4v) is 4.39. The summed E-state index contributed by atoms with van der Waals surface area (Å²) in [5, 5.41) is 13.7. The SMILES string of the molecule is O=C(CO)N1CCOC[C@H]1COc1cccc2ncnc(Nc3ccc(OCc4ccccn4)c(Cl)c3)c12. The van der Waals surface area contributed by atoms with Gasteiger partial charge in [0, 0.05) is 18.4 Å². The molecule has 4 aromatic rings. The zero-order valence-corrected chi connectivity index (χ0v) is 21.2. The number of halogens is 1. The Morgan fingerprint density at radius 1 is 1.11 bits per heavy atom. The molecule has 10 nitrogen and oxygen atoms in total. The molecule has 0 spiro atoms. The number of carbonyl (C=O) groups excluding carboxylic acids is 1. The molecule has 2 aromatic carbocycles. The molecule has 3 heterocycles. The van der Waals surface area contributed by atoms with E-state index in [0.717, 1.165) is 5.69 Å². The first kappa shape index (κ1) is 25.7. The highest BCUT2D eigenvalue weighted by Gasteiger charge is 2.27. The van der Waals surface area contributed by atoms with Crippen LogP contribution in [0.1, 0.15) is 5.69 Å². The maximum Gasteiger partial charge on any atom is 0.248 e. The molecule has 0 aliphatic carbocycles. The van der Waals surface area contributed by atoms with E-state index in [4.69, 9.17) is 25.8 Å². The molecule has 0 bridgehead atoms. The first-order chi connectivity index (χ1) is 18.6. The summed E-state index contributed by atoms with van der Waals surface area (Å²) in [6.07, 6.45) is 3.18. The van der Waals surface area contributed by atoms with Gasteiger partial charge in [0.2, 0.25) is 5.91 Å².